The number of carbonyl (C=O) groups is 4. The molecule has 0 aliphatic rings. The van der Waals surface area contributed by atoms with Crippen molar-refractivity contribution in [2.45, 2.75) is 58.3 Å². The normalized spacial score (nSPS) is 16.5. The summed E-state index contributed by atoms with van der Waals surface area (Å²) in [6, 6.07) is 0. The van der Waals surface area contributed by atoms with Crippen LogP contribution in [-0.2, 0) is 33.4 Å². The van der Waals surface area contributed by atoms with Gasteiger partial charge < -0.3 is 29.5 Å². The SMILES string of the molecule is CCOC(=O)CC(C)OC(=O)C(O)(C(C)CC(=O)OCC)C(O)C(=O)O. The predicted octanol–water partition coefficient (Wildman–Crippen LogP) is -0.363. The maximum Gasteiger partial charge on any atom is 0.342 e. The number of carboxylic acid groups (broad SMARTS) is 1. The Balaban J connectivity index is 5.33. The molecule has 0 spiro atoms. The highest BCUT2D eigenvalue weighted by Gasteiger charge is 2.54. The van der Waals surface area contributed by atoms with Crippen LogP contribution >= 0.6 is 0 Å². The molecule has 10 heteroatoms. The molecule has 0 aromatic carbocycles. The molecule has 4 atom stereocenters. The summed E-state index contributed by atoms with van der Waals surface area (Å²) < 4.78 is 14.3. The highest BCUT2D eigenvalue weighted by molar-refractivity contribution is 5.89. The van der Waals surface area contributed by atoms with Gasteiger partial charge in [-0.15, -0.1) is 0 Å². The average molecular weight is 378 g/mol. The Morgan fingerprint density at radius 1 is 0.962 bits per heavy atom. The molecular formula is C16H26O10. The number of hydrogen-bond donors (Lipinski definition) is 3. The van der Waals surface area contributed by atoms with E-state index in [2.05, 4.69) is 0 Å². The molecule has 0 aromatic rings. The van der Waals surface area contributed by atoms with E-state index in [9.17, 15) is 29.4 Å². The van der Waals surface area contributed by atoms with Crippen molar-refractivity contribution in [1.82, 2.24) is 0 Å². The fraction of sp³-hybridized carbons (Fsp3) is 0.750. The van der Waals surface area contributed by atoms with E-state index in [0.29, 0.717) is 0 Å². The van der Waals surface area contributed by atoms with Crippen LogP contribution in [0.25, 0.3) is 0 Å². The van der Waals surface area contributed by atoms with Gasteiger partial charge in [0.05, 0.1) is 26.1 Å². The molecule has 0 aliphatic heterocycles. The molecule has 0 saturated heterocycles. The number of ether oxygens (including phenoxy) is 3. The maximum absolute atomic E-state index is 12.3. The lowest BCUT2D eigenvalue weighted by atomic mass is 9.81. The Labute approximate surface area is 151 Å². The zero-order valence-corrected chi connectivity index (χ0v) is 15.3. The Hall–Kier alpha value is -2.20. The van der Waals surface area contributed by atoms with Gasteiger partial charge in [-0.2, -0.15) is 0 Å². The van der Waals surface area contributed by atoms with Gasteiger partial charge in [-0.25, -0.2) is 9.59 Å². The molecule has 26 heavy (non-hydrogen) atoms. The molecule has 0 aromatic heterocycles. The van der Waals surface area contributed by atoms with Gasteiger partial charge in [-0.05, 0) is 20.8 Å². The quantitative estimate of drug-likeness (QED) is 0.320. The van der Waals surface area contributed by atoms with Crippen LogP contribution in [-0.4, -0.2) is 70.2 Å². The van der Waals surface area contributed by atoms with Crippen LogP contribution in [0.5, 0.6) is 0 Å². The van der Waals surface area contributed by atoms with Crippen LogP contribution in [0.1, 0.15) is 40.5 Å². The summed E-state index contributed by atoms with van der Waals surface area (Å²) in [5.41, 5.74) is -2.92. The molecule has 4 unspecified atom stereocenters. The van der Waals surface area contributed by atoms with Crippen molar-refractivity contribution in [3.8, 4) is 0 Å². The number of aliphatic hydroxyl groups is 2. The highest BCUT2D eigenvalue weighted by Crippen LogP contribution is 2.28. The first-order valence-electron chi connectivity index (χ1n) is 8.16. The summed E-state index contributed by atoms with van der Waals surface area (Å²) in [4.78, 5) is 46.4. The first-order valence-corrected chi connectivity index (χ1v) is 8.16. The fourth-order valence-corrected chi connectivity index (χ4v) is 2.17. The molecule has 0 saturated carbocycles. The number of esters is 3. The van der Waals surface area contributed by atoms with Gasteiger partial charge >= 0.3 is 23.9 Å². The minimum Gasteiger partial charge on any atom is -0.479 e. The minimum atomic E-state index is -2.92. The minimum absolute atomic E-state index is 0.0481. The summed E-state index contributed by atoms with van der Waals surface area (Å²) in [5.74, 6) is -6.13. The van der Waals surface area contributed by atoms with Crippen molar-refractivity contribution in [3.05, 3.63) is 0 Å². The lowest BCUT2D eigenvalue weighted by molar-refractivity contribution is -0.201. The zero-order valence-electron chi connectivity index (χ0n) is 15.3. The highest BCUT2D eigenvalue weighted by atomic mass is 16.6. The number of rotatable bonds is 11. The smallest absolute Gasteiger partial charge is 0.342 e. The van der Waals surface area contributed by atoms with E-state index in [4.69, 9.17) is 19.3 Å². The lowest BCUT2D eigenvalue weighted by Crippen LogP contribution is -2.59. The molecule has 10 nitrogen and oxygen atoms in total. The fourth-order valence-electron chi connectivity index (χ4n) is 2.17. The third-order valence-corrected chi connectivity index (χ3v) is 3.57. The largest absolute Gasteiger partial charge is 0.479 e. The van der Waals surface area contributed by atoms with Gasteiger partial charge in [-0.1, -0.05) is 6.92 Å². The predicted molar refractivity (Wildman–Crippen MR) is 85.8 cm³/mol. The molecule has 0 rings (SSSR count). The Morgan fingerprint density at radius 3 is 1.85 bits per heavy atom. The number of carboxylic acids is 1. The topological polar surface area (TPSA) is 157 Å². The second-order valence-corrected chi connectivity index (χ2v) is 5.70. The third kappa shape index (κ3) is 6.60. The summed E-state index contributed by atoms with van der Waals surface area (Å²) in [5, 5.41) is 29.4. The molecule has 3 N–H and O–H groups in total. The van der Waals surface area contributed by atoms with Gasteiger partial charge in [0.25, 0.3) is 0 Å². The number of carbonyl (C=O) groups excluding carboxylic acids is 3. The van der Waals surface area contributed by atoms with Crippen LogP contribution in [0, 0.1) is 5.92 Å². The van der Waals surface area contributed by atoms with Crippen molar-refractivity contribution < 1.29 is 48.7 Å². The summed E-state index contributed by atoms with van der Waals surface area (Å²) >= 11 is 0. The van der Waals surface area contributed by atoms with E-state index in [1.807, 2.05) is 0 Å². The molecule has 0 amide bonds. The van der Waals surface area contributed by atoms with E-state index >= 15 is 0 Å². The summed E-state index contributed by atoms with van der Waals surface area (Å²) in [6.07, 6.45) is -4.46. The first-order chi connectivity index (χ1) is 12.0. The van der Waals surface area contributed by atoms with Gasteiger partial charge in [0, 0.05) is 5.92 Å². The van der Waals surface area contributed by atoms with Crippen LogP contribution in [0.4, 0.5) is 0 Å². The second-order valence-electron chi connectivity index (χ2n) is 5.70. The molecule has 0 heterocycles. The van der Waals surface area contributed by atoms with Gasteiger partial charge in [0.15, 0.2) is 6.10 Å². The van der Waals surface area contributed by atoms with Gasteiger partial charge in [0.2, 0.25) is 5.60 Å². The zero-order chi connectivity index (χ0) is 20.5. The van der Waals surface area contributed by atoms with Gasteiger partial charge in [0.1, 0.15) is 6.10 Å². The first kappa shape index (κ1) is 23.8. The van der Waals surface area contributed by atoms with Crippen molar-refractivity contribution >= 4 is 23.9 Å². The standard InChI is InChI=1S/C16H26O10/c1-5-24-11(17)7-9(3)16(23,13(19)14(20)21)15(22)26-10(4)8-12(18)25-6-2/h9-10,13,19,23H,5-8H2,1-4H3,(H,20,21). The number of hydrogen-bond acceptors (Lipinski definition) is 9. The van der Waals surface area contributed by atoms with Crippen LogP contribution in [0.15, 0.2) is 0 Å². The van der Waals surface area contributed by atoms with Crippen LogP contribution in [0.3, 0.4) is 0 Å². The van der Waals surface area contributed by atoms with E-state index in [1.165, 1.54) is 13.8 Å². The van der Waals surface area contributed by atoms with Crippen molar-refractivity contribution in [2.75, 3.05) is 13.2 Å². The lowest BCUT2D eigenvalue weighted by Gasteiger charge is -2.34. The van der Waals surface area contributed by atoms with Crippen molar-refractivity contribution in [3.63, 3.8) is 0 Å². The Morgan fingerprint density at radius 2 is 1.42 bits per heavy atom. The van der Waals surface area contributed by atoms with E-state index < -0.39 is 54.0 Å². The number of aliphatic carboxylic acids is 1. The molecular weight excluding hydrogens is 352 g/mol. The summed E-state index contributed by atoms with van der Waals surface area (Å²) in [6.45, 7) is 5.84. The van der Waals surface area contributed by atoms with Crippen molar-refractivity contribution in [1.29, 1.82) is 0 Å². The Kier molecular flexibility index (Phi) is 9.81. The van der Waals surface area contributed by atoms with Gasteiger partial charge in [-0.3, -0.25) is 9.59 Å². The molecule has 150 valence electrons. The second kappa shape index (κ2) is 10.7. The van der Waals surface area contributed by atoms with E-state index in [-0.39, 0.29) is 19.6 Å². The van der Waals surface area contributed by atoms with Crippen molar-refractivity contribution in [2.24, 2.45) is 5.92 Å². The molecule has 0 aliphatic carbocycles. The van der Waals surface area contributed by atoms with E-state index in [1.54, 1.807) is 13.8 Å². The average Bonchev–Trinajstić information content (AvgIpc) is 2.52. The molecule has 0 fully saturated rings. The molecule has 0 radical (unpaired) electrons. The maximum atomic E-state index is 12.3. The monoisotopic (exact) mass is 378 g/mol. The molecule has 0 bridgehead atoms. The van der Waals surface area contributed by atoms with E-state index in [0.717, 1.165) is 0 Å². The third-order valence-electron chi connectivity index (χ3n) is 3.57. The van der Waals surface area contributed by atoms with Crippen LogP contribution in [0.2, 0.25) is 0 Å². The summed E-state index contributed by atoms with van der Waals surface area (Å²) in [7, 11) is 0. The van der Waals surface area contributed by atoms with Crippen LogP contribution < -0.4 is 0 Å². The Bertz CT molecular complexity index is 517. The number of aliphatic hydroxyl groups excluding tert-OH is 1.